The van der Waals surface area contributed by atoms with Crippen LogP contribution < -0.4 is 5.32 Å². The van der Waals surface area contributed by atoms with Crippen LogP contribution in [0.3, 0.4) is 0 Å². The number of rotatable bonds is 6. The summed E-state index contributed by atoms with van der Waals surface area (Å²) in [5.74, 6) is 0. The van der Waals surface area contributed by atoms with E-state index in [9.17, 15) is 0 Å². The third-order valence-corrected chi connectivity index (χ3v) is 1.52. The highest BCUT2D eigenvalue weighted by Crippen LogP contribution is 1.98. The van der Waals surface area contributed by atoms with Crippen molar-refractivity contribution in [3.05, 3.63) is 0 Å². The van der Waals surface area contributed by atoms with E-state index in [0.717, 1.165) is 19.6 Å². The van der Waals surface area contributed by atoms with E-state index in [0.29, 0.717) is 0 Å². The molecule has 0 saturated carbocycles. The molecule has 3 heteroatoms. The summed E-state index contributed by atoms with van der Waals surface area (Å²) in [5.41, 5.74) is -0.159. The maximum atomic E-state index is 8.86. The summed E-state index contributed by atoms with van der Waals surface area (Å²) < 4.78 is 4.89. The molecule has 2 N–H and O–H groups in total. The molecule has 0 amide bonds. The molecule has 0 unspecified atom stereocenters. The highest BCUT2D eigenvalue weighted by Gasteiger charge is 2.13. The molecule has 0 fully saturated rings. The molecule has 11 heavy (non-hydrogen) atoms. The molecule has 0 bridgehead atoms. The summed E-state index contributed by atoms with van der Waals surface area (Å²) in [6.07, 6.45) is 0.986. The van der Waals surface area contributed by atoms with Crippen molar-refractivity contribution in [2.24, 2.45) is 0 Å². The van der Waals surface area contributed by atoms with Gasteiger partial charge in [-0.2, -0.15) is 0 Å². The SMILES string of the molecule is COCCCNC(C)(C)CO. The smallest absolute Gasteiger partial charge is 0.0607 e. The normalized spacial score (nSPS) is 12.0. The topological polar surface area (TPSA) is 41.5 Å². The standard InChI is InChI=1S/C8H19NO2/c1-8(2,7-10)9-5-4-6-11-3/h9-10H,4-7H2,1-3H3. The van der Waals surface area contributed by atoms with Crippen molar-refractivity contribution < 1.29 is 9.84 Å². The van der Waals surface area contributed by atoms with E-state index in [4.69, 9.17) is 9.84 Å². The maximum Gasteiger partial charge on any atom is 0.0607 e. The highest BCUT2D eigenvalue weighted by molar-refractivity contribution is 4.75. The van der Waals surface area contributed by atoms with Crippen molar-refractivity contribution in [3.8, 4) is 0 Å². The Balaban J connectivity index is 3.23. The number of aliphatic hydroxyl groups is 1. The minimum Gasteiger partial charge on any atom is -0.394 e. The Bertz CT molecular complexity index is 94.1. The zero-order chi connectivity index (χ0) is 8.74. The van der Waals surface area contributed by atoms with Gasteiger partial charge >= 0.3 is 0 Å². The van der Waals surface area contributed by atoms with Gasteiger partial charge in [-0.05, 0) is 26.8 Å². The minimum atomic E-state index is -0.159. The van der Waals surface area contributed by atoms with Gasteiger partial charge in [-0.3, -0.25) is 0 Å². The first-order valence-corrected chi connectivity index (χ1v) is 3.97. The molecule has 0 aromatic carbocycles. The monoisotopic (exact) mass is 161 g/mol. The van der Waals surface area contributed by atoms with Gasteiger partial charge in [0.1, 0.15) is 0 Å². The molecule has 0 aliphatic rings. The lowest BCUT2D eigenvalue weighted by atomic mass is 10.1. The summed E-state index contributed by atoms with van der Waals surface area (Å²) in [5, 5.41) is 12.1. The fourth-order valence-corrected chi connectivity index (χ4v) is 0.699. The van der Waals surface area contributed by atoms with Gasteiger partial charge in [0, 0.05) is 19.3 Å². The second-order valence-electron chi connectivity index (χ2n) is 3.32. The van der Waals surface area contributed by atoms with Crippen LogP contribution in [0.2, 0.25) is 0 Å². The van der Waals surface area contributed by atoms with E-state index >= 15 is 0 Å². The number of ether oxygens (including phenoxy) is 1. The van der Waals surface area contributed by atoms with Gasteiger partial charge < -0.3 is 15.2 Å². The third-order valence-electron chi connectivity index (χ3n) is 1.52. The third kappa shape index (κ3) is 6.28. The Morgan fingerprint density at radius 3 is 2.55 bits per heavy atom. The van der Waals surface area contributed by atoms with Gasteiger partial charge in [0.05, 0.1) is 6.61 Å². The lowest BCUT2D eigenvalue weighted by molar-refractivity contribution is 0.170. The van der Waals surface area contributed by atoms with Crippen LogP contribution in [0.1, 0.15) is 20.3 Å². The summed E-state index contributed by atoms with van der Waals surface area (Å²) in [6.45, 7) is 5.77. The van der Waals surface area contributed by atoms with Gasteiger partial charge in [0.25, 0.3) is 0 Å². The van der Waals surface area contributed by atoms with E-state index < -0.39 is 0 Å². The van der Waals surface area contributed by atoms with Crippen molar-refractivity contribution in [1.82, 2.24) is 5.32 Å². The van der Waals surface area contributed by atoms with Crippen LogP contribution in [-0.2, 0) is 4.74 Å². The molecule has 0 rings (SSSR count). The molecular weight excluding hydrogens is 142 g/mol. The summed E-state index contributed by atoms with van der Waals surface area (Å²) in [6, 6.07) is 0. The first-order chi connectivity index (χ1) is 5.12. The quantitative estimate of drug-likeness (QED) is 0.553. The molecule has 0 saturated heterocycles. The lowest BCUT2D eigenvalue weighted by Crippen LogP contribution is -2.43. The molecule has 0 atom stereocenters. The number of methoxy groups -OCH3 is 1. The fraction of sp³-hybridized carbons (Fsp3) is 1.00. The second-order valence-corrected chi connectivity index (χ2v) is 3.32. The van der Waals surface area contributed by atoms with Crippen molar-refractivity contribution in [3.63, 3.8) is 0 Å². The average molecular weight is 161 g/mol. The van der Waals surface area contributed by atoms with Gasteiger partial charge in [-0.15, -0.1) is 0 Å². The molecule has 3 nitrogen and oxygen atoms in total. The molecule has 0 spiro atoms. The first-order valence-electron chi connectivity index (χ1n) is 3.97. The van der Waals surface area contributed by atoms with E-state index in [1.54, 1.807) is 7.11 Å². The summed E-state index contributed by atoms with van der Waals surface area (Å²) >= 11 is 0. The molecule has 0 aromatic rings. The van der Waals surface area contributed by atoms with Crippen LogP contribution in [-0.4, -0.2) is 37.5 Å². The van der Waals surface area contributed by atoms with Gasteiger partial charge in [-0.25, -0.2) is 0 Å². The second kappa shape index (κ2) is 5.52. The Hall–Kier alpha value is -0.120. The molecule has 68 valence electrons. The van der Waals surface area contributed by atoms with E-state index in [1.807, 2.05) is 13.8 Å². The molecule has 0 aromatic heterocycles. The number of aliphatic hydroxyl groups excluding tert-OH is 1. The molecular formula is C8H19NO2. The largest absolute Gasteiger partial charge is 0.394 e. The van der Waals surface area contributed by atoms with Crippen LogP contribution in [0.4, 0.5) is 0 Å². The Labute approximate surface area is 68.8 Å². The first kappa shape index (κ1) is 10.9. The van der Waals surface area contributed by atoms with Crippen LogP contribution in [0.25, 0.3) is 0 Å². The Morgan fingerprint density at radius 2 is 2.09 bits per heavy atom. The highest BCUT2D eigenvalue weighted by atomic mass is 16.5. The van der Waals surface area contributed by atoms with Crippen LogP contribution >= 0.6 is 0 Å². The minimum absolute atomic E-state index is 0.159. The molecule has 0 heterocycles. The van der Waals surface area contributed by atoms with Crippen LogP contribution in [0, 0.1) is 0 Å². The predicted octanol–water partition coefficient (Wildman–Crippen LogP) is 0.383. The average Bonchev–Trinajstić information content (AvgIpc) is 1.99. The zero-order valence-electron chi connectivity index (χ0n) is 7.68. The summed E-state index contributed by atoms with van der Waals surface area (Å²) in [4.78, 5) is 0. The maximum absolute atomic E-state index is 8.86. The summed E-state index contributed by atoms with van der Waals surface area (Å²) in [7, 11) is 1.69. The number of hydrogen-bond donors (Lipinski definition) is 2. The zero-order valence-corrected chi connectivity index (χ0v) is 7.68. The van der Waals surface area contributed by atoms with Crippen molar-refractivity contribution in [1.29, 1.82) is 0 Å². The van der Waals surface area contributed by atoms with E-state index in [2.05, 4.69) is 5.32 Å². The van der Waals surface area contributed by atoms with Crippen molar-refractivity contribution in [2.75, 3.05) is 26.9 Å². The molecule has 0 aliphatic carbocycles. The van der Waals surface area contributed by atoms with Crippen molar-refractivity contribution >= 4 is 0 Å². The number of hydrogen-bond acceptors (Lipinski definition) is 3. The predicted molar refractivity (Wildman–Crippen MR) is 45.7 cm³/mol. The fourth-order valence-electron chi connectivity index (χ4n) is 0.699. The molecule has 0 radical (unpaired) electrons. The van der Waals surface area contributed by atoms with Gasteiger partial charge in [-0.1, -0.05) is 0 Å². The molecule has 0 aliphatic heterocycles. The van der Waals surface area contributed by atoms with Crippen molar-refractivity contribution in [2.45, 2.75) is 25.8 Å². The van der Waals surface area contributed by atoms with Crippen LogP contribution in [0.5, 0.6) is 0 Å². The van der Waals surface area contributed by atoms with Crippen LogP contribution in [0.15, 0.2) is 0 Å². The van der Waals surface area contributed by atoms with Gasteiger partial charge in [0.15, 0.2) is 0 Å². The lowest BCUT2D eigenvalue weighted by Gasteiger charge is -2.23. The number of nitrogens with one attached hydrogen (secondary N) is 1. The Morgan fingerprint density at radius 1 is 1.45 bits per heavy atom. The van der Waals surface area contributed by atoms with E-state index in [-0.39, 0.29) is 12.1 Å². The Kier molecular flexibility index (Phi) is 5.46. The van der Waals surface area contributed by atoms with E-state index in [1.165, 1.54) is 0 Å². The van der Waals surface area contributed by atoms with Gasteiger partial charge in [0.2, 0.25) is 0 Å².